The summed E-state index contributed by atoms with van der Waals surface area (Å²) in [5.74, 6) is 0.249. The summed E-state index contributed by atoms with van der Waals surface area (Å²) in [6.07, 6.45) is 2.27. The van der Waals surface area contributed by atoms with Crippen molar-refractivity contribution >= 4 is 54.4 Å². The lowest BCUT2D eigenvalue weighted by atomic mass is 10.1. The first-order valence-electron chi connectivity index (χ1n) is 12.9. The van der Waals surface area contributed by atoms with Gasteiger partial charge in [0.15, 0.2) is 31.3 Å². The molecule has 44 heavy (non-hydrogen) atoms. The van der Waals surface area contributed by atoms with Crippen LogP contribution in [0.3, 0.4) is 0 Å². The molecule has 0 saturated carbocycles. The number of nitrogens with zero attached hydrogens (tertiary/aromatic N) is 4. The van der Waals surface area contributed by atoms with Crippen LogP contribution < -0.4 is 20.9 Å². The molecule has 0 unspecified atom stereocenters. The highest BCUT2D eigenvalue weighted by Gasteiger charge is 2.11. The number of anilines is 4. The second-order valence-corrected chi connectivity index (χ2v) is 13.7. The molecule has 3 aromatic carbocycles. The Morgan fingerprint density at radius 2 is 1.18 bits per heavy atom. The Labute approximate surface area is 255 Å². The van der Waals surface area contributed by atoms with Crippen LogP contribution in [0, 0.1) is 5.82 Å². The first-order valence-corrected chi connectivity index (χ1v) is 16.7. The molecular formula is C29H30FN7O5S2. The third-order valence-corrected chi connectivity index (χ3v) is 8.48. The average molecular weight is 640 g/mol. The molecule has 0 bridgehead atoms. The van der Waals surface area contributed by atoms with Crippen molar-refractivity contribution in [1.82, 2.24) is 9.97 Å². The van der Waals surface area contributed by atoms with E-state index in [-0.39, 0.29) is 33.1 Å². The lowest BCUT2D eigenvalue weighted by Crippen LogP contribution is -2.07. The van der Waals surface area contributed by atoms with Gasteiger partial charge in [-0.1, -0.05) is 24.3 Å². The molecule has 1 aromatic heterocycles. The number of methoxy groups -OCH3 is 1. The number of rotatable bonds is 11. The van der Waals surface area contributed by atoms with Crippen LogP contribution in [0.15, 0.2) is 92.8 Å². The minimum atomic E-state index is -3.34. The summed E-state index contributed by atoms with van der Waals surface area (Å²) in [6.45, 7) is 3.47. The van der Waals surface area contributed by atoms with Crippen molar-refractivity contribution in [2.75, 3.05) is 35.8 Å². The maximum atomic E-state index is 14.7. The van der Waals surface area contributed by atoms with Gasteiger partial charge in [0, 0.05) is 24.6 Å². The van der Waals surface area contributed by atoms with Gasteiger partial charge >= 0.3 is 0 Å². The third-order valence-electron chi connectivity index (χ3n) is 6.23. The van der Waals surface area contributed by atoms with E-state index in [0.29, 0.717) is 28.3 Å². The molecule has 0 aliphatic rings. The molecule has 0 aliphatic heterocycles. The van der Waals surface area contributed by atoms with E-state index in [1.807, 2.05) is 0 Å². The average Bonchev–Trinajstić information content (AvgIpc) is 2.99. The largest absolute Gasteiger partial charge is 0.497 e. The predicted octanol–water partition coefficient (Wildman–Crippen LogP) is 4.85. The van der Waals surface area contributed by atoms with Crippen molar-refractivity contribution in [3.63, 3.8) is 0 Å². The maximum absolute atomic E-state index is 14.7. The van der Waals surface area contributed by atoms with Gasteiger partial charge in [0.25, 0.3) is 0 Å². The third kappa shape index (κ3) is 8.35. The zero-order valence-corrected chi connectivity index (χ0v) is 26.1. The van der Waals surface area contributed by atoms with Crippen molar-refractivity contribution in [1.29, 1.82) is 0 Å². The summed E-state index contributed by atoms with van der Waals surface area (Å²) in [6, 6.07) is 18.4. The molecule has 0 fully saturated rings. The van der Waals surface area contributed by atoms with Crippen LogP contribution in [-0.2, 0) is 19.7 Å². The molecule has 0 aliphatic carbocycles. The Bertz CT molecular complexity index is 1840. The SMILES string of the molecule is COc1ccc(Nc2nc(NN=C(C)c3ccc(S(C)(=O)=O)cc3)cc(NN=C(C)c3ccc(S(C)(=O)=O)cc3)n2)c(F)c1. The van der Waals surface area contributed by atoms with Crippen molar-refractivity contribution in [3.05, 3.63) is 89.7 Å². The van der Waals surface area contributed by atoms with Gasteiger partial charge in [-0.2, -0.15) is 20.2 Å². The van der Waals surface area contributed by atoms with Crippen molar-refractivity contribution in [2.45, 2.75) is 23.6 Å². The normalized spacial score (nSPS) is 12.5. The molecule has 0 saturated heterocycles. The van der Waals surface area contributed by atoms with Gasteiger partial charge in [-0.15, -0.1) is 0 Å². The number of hydrogen-bond donors (Lipinski definition) is 3. The molecular weight excluding hydrogens is 609 g/mol. The topological polar surface area (TPSA) is 164 Å². The summed E-state index contributed by atoms with van der Waals surface area (Å²) < 4.78 is 66.8. The zero-order valence-electron chi connectivity index (χ0n) is 24.5. The van der Waals surface area contributed by atoms with Gasteiger partial charge in [-0.25, -0.2) is 21.2 Å². The van der Waals surface area contributed by atoms with Crippen LogP contribution in [0.25, 0.3) is 0 Å². The Balaban J connectivity index is 1.62. The van der Waals surface area contributed by atoms with Crippen LogP contribution in [0.5, 0.6) is 5.75 Å². The van der Waals surface area contributed by atoms with E-state index in [9.17, 15) is 21.2 Å². The first-order chi connectivity index (χ1) is 20.7. The van der Waals surface area contributed by atoms with Gasteiger partial charge in [-0.05, 0) is 61.4 Å². The highest BCUT2D eigenvalue weighted by molar-refractivity contribution is 7.91. The minimum absolute atomic E-state index is 0.0253. The van der Waals surface area contributed by atoms with Crippen molar-refractivity contribution in [2.24, 2.45) is 10.2 Å². The second kappa shape index (κ2) is 13.2. The number of halogens is 1. The number of aromatic nitrogens is 2. The van der Waals surface area contributed by atoms with E-state index in [4.69, 9.17) is 4.74 Å². The van der Waals surface area contributed by atoms with Gasteiger partial charge in [-0.3, -0.25) is 10.9 Å². The van der Waals surface area contributed by atoms with Crippen LogP contribution in [0.4, 0.5) is 27.7 Å². The molecule has 4 rings (SSSR count). The molecule has 1 heterocycles. The highest BCUT2D eigenvalue weighted by atomic mass is 32.2. The molecule has 4 aromatic rings. The molecule has 0 atom stereocenters. The van der Waals surface area contributed by atoms with E-state index >= 15 is 0 Å². The van der Waals surface area contributed by atoms with E-state index < -0.39 is 25.5 Å². The monoisotopic (exact) mass is 639 g/mol. The van der Waals surface area contributed by atoms with Crippen LogP contribution in [-0.4, -0.2) is 57.8 Å². The summed E-state index contributed by atoms with van der Waals surface area (Å²) in [5.41, 5.74) is 8.24. The van der Waals surface area contributed by atoms with Crippen LogP contribution in [0.1, 0.15) is 25.0 Å². The Hall–Kier alpha value is -4.89. The second-order valence-electron chi connectivity index (χ2n) is 9.64. The van der Waals surface area contributed by atoms with E-state index in [1.54, 1.807) is 44.2 Å². The standard InChI is InChI=1S/C29H30FN7O5S2/c1-18(20-6-11-23(12-7-20)43(4,38)39)34-36-27-17-28(33-29(32-27)31-26-15-10-22(42-3)16-25(26)30)37-35-19(2)21-8-13-24(14-9-21)44(5,40)41/h6-17H,1-5H3,(H3,31,32,33,36,37). The van der Waals surface area contributed by atoms with Crippen molar-refractivity contribution in [3.8, 4) is 5.75 Å². The number of ether oxygens (including phenoxy) is 1. The van der Waals surface area contributed by atoms with Gasteiger partial charge in [0.1, 0.15) is 11.6 Å². The lowest BCUT2D eigenvalue weighted by molar-refractivity contribution is 0.411. The van der Waals surface area contributed by atoms with Gasteiger partial charge in [0.2, 0.25) is 5.95 Å². The predicted molar refractivity (Wildman–Crippen MR) is 169 cm³/mol. The quantitative estimate of drug-likeness (QED) is 0.153. The van der Waals surface area contributed by atoms with Crippen LogP contribution >= 0.6 is 0 Å². The maximum Gasteiger partial charge on any atom is 0.231 e. The number of nitrogens with one attached hydrogen (secondary N) is 3. The molecule has 15 heteroatoms. The number of benzene rings is 3. The van der Waals surface area contributed by atoms with Gasteiger partial charge in [0.05, 0.1) is 34.0 Å². The van der Waals surface area contributed by atoms with Crippen LogP contribution in [0.2, 0.25) is 0 Å². The fraction of sp³-hybridized carbons (Fsp3) is 0.172. The Kier molecular flexibility index (Phi) is 9.59. The highest BCUT2D eigenvalue weighted by Crippen LogP contribution is 2.24. The summed E-state index contributed by atoms with van der Waals surface area (Å²) in [7, 11) is -5.24. The molecule has 0 spiro atoms. The summed E-state index contributed by atoms with van der Waals surface area (Å²) in [5, 5.41) is 11.5. The summed E-state index contributed by atoms with van der Waals surface area (Å²) in [4.78, 5) is 9.14. The Morgan fingerprint density at radius 1 is 0.727 bits per heavy atom. The molecule has 0 radical (unpaired) electrons. The van der Waals surface area contributed by atoms with E-state index in [0.717, 1.165) is 12.5 Å². The fourth-order valence-corrected chi connectivity index (χ4v) is 5.02. The molecule has 230 valence electrons. The number of hydrazone groups is 2. The van der Waals surface area contributed by atoms with Gasteiger partial charge < -0.3 is 10.1 Å². The van der Waals surface area contributed by atoms with Crippen molar-refractivity contribution < 1.29 is 26.0 Å². The molecule has 12 nitrogen and oxygen atoms in total. The fourth-order valence-electron chi connectivity index (χ4n) is 3.76. The minimum Gasteiger partial charge on any atom is -0.497 e. The van der Waals surface area contributed by atoms with E-state index in [1.165, 1.54) is 49.6 Å². The zero-order chi connectivity index (χ0) is 32.1. The Morgan fingerprint density at radius 3 is 1.57 bits per heavy atom. The number of sulfone groups is 2. The van der Waals surface area contributed by atoms with E-state index in [2.05, 4.69) is 36.3 Å². The molecule has 0 amide bonds. The smallest absolute Gasteiger partial charge is 0.231 e. The number of hydrogen-bond acceptors (Lipinski definition) is 12. The lowest BCUT2D eigenvalue weighted by Gasteiger charge is -2.11. The summed E-state index contributed by atoms with van der Waals surface area (Å²) >= 11 is 0. The first kappa shape index (κ1) is 32.0. The molecule has 3 N–H and O–H groups in total.